The topological polar surface area (TPSA) is 98.0 Å². The predicted octanol–water partition coefficient (Wildman–Crippen LogP) is 3.37. The van der Waals surface area contributed by atoms with Gasteiger partial charge in [-0.1, -0.05) is 0 Å². The Hall–Kier alpha value is -3.56. The lowest BCUT2D eigenvalue weighted by Gasteiger charge is -2.26. The summed E-state index contributed by atoms with van der Waals surface area (Å²) in [4.78, 5) is 14.1. The van der Waals surface area contributed by atoms with Gasteiger partial charge in [-0.2, -0.15) is 0 Å². The fourth-order valence-electron chi connectivity index (χ4n) is 4.48. The van der Waals surface area contributed by atoms with Crippen molar-refractivity contribution in [2.45, 2.75) is 12.8 Å². The Morgan fingerprint density at radius 2 is 1.84 bits per heavy atom. The molecule has 196 valence electrons. The smallest absolute Gasteiger partial charge is 0.124 e. The van der Waals surface area contributed by atoms with Gasteiger partial charge in [0.1, 0.15) is 17.2 Å². The van der Waals surface area contributed by atoms with Crippen molar-refractivity contribution in [3.8, 4) is 11.5 Å². The molecule has 2 fully saturated rings. The number of fused-ring (bicyclic) bond motifs is 1. The molecule has 0 unspecified atom stereocenters. The third-order valence-electron chi connectivity index (χ3n) is 6.85. The normalized spacial score (nSPS) is 16.5. The minimum absolute atomic E-state index is 0.564. The Morgan fingerprint density at radius 1 is 1.08 bits per heavy atom. The summed E-state index contributed by atoms with van der Waals surface area (Å²) in [6, 6.07) is 12.2. The highest BCUT2D eigenvalue weighted by Crippen LogP contribution is 2.38. The van der Waals surface area contributed by atoms with Gasteiger partial charge in [0.05, 0.1) is 50.4 Å². The SMILES string of the molecule is COc1cc(OC)cc(N(CC2CC2)c2ccc3ncc(/C(N)=C/NCCN4CCOCC4)nc3c2)c1. The second-order valence-corrected chi connectivity index (χ2v) is 9.56. The third-order valence-corrected chi connectivity index (χ3v) is 6.85. The highest BCUT2D eigenvalue weighted by molar-refractivity contribution is 5.82. The average molecular weight is 505 g/mol. The summed E-state index contributed by atoms with van der Waals surface area (Å²) >= 11 is 0. The zero-order valence-electron chi connectivity index (χ0n) is 21.7. The van der Waals surface area contributed by atoms with E-state index in [9.17, 15) is 0 Å². The number of nitrogens with one attached hydrogen (secondary N) is 1. The van der Waals surface area contributed by atoms with Crippen LogP contribution in [0.4, 0.5) is 11.4 Å². The molecule has 37 heavy (non-hydrogen) atoms. The first-order valence-corrected chi connectivity index (χ1v) is 12.9. The molecule has 0 radical (unpaired) electrons. The number of rotatable bonds is 11. The highest BCUT2D eigenvalue weighted by atomic mass is 16.5. The Labute approximate surface area is 218 Å². The van der Waals surface area contributed by atoms with E-state index in [-0.39, 0.29) is 0 Å². The van der Waals surface area contributed by atoms with Crippen molar-refractivity contribution in [1.29, 1.82) is 0 Å². The van der Waals surface area contributed by atoms with Crippen molar-refractivity contribution in [2.24, 2.45) is 11.7 Å². The Kier molecular flexibility index (Phi) is 7.91. The van der Waals surface area contributed by atoms with E-state index < -0.39 is 0 Å². The lowest BCUT2D eigenvalue weighted by Crippen LogP contribution is -2.39. The number of ether oxygens (including phenoxy) is 3. The van der Waals surface area contributed by atoms with Crippen LogP contribution in [0, 0.1) is 5.92 Å². The molecule has 9 nitrogen and oxygen atoms in total. The van der Waals surface area contributed by atoms with E-state index in [0.29, 0.717) is 17.3 Å². The second-order valence-electron chi connectivity index (χ2n) is 9.56. The van der Waals surface area contributed by atoms with Gasteiger partial charge in [-0.25, -0.2) is 4.98 Å². The molecule has 2 heterocycles. The Bertz CT molecular complexity index is 1220. The van der Waals surface area contributed by atoms with Crippen LogP contribution in [0.1, 0.15) is 18.5 Å². The van der Waals surface area contributed by atoms with E-state index in [1.807, 2.05) is 30.5 Å². The number of morpholine rings is 1. The fraction of sp³-hybridized carbons (Fsp3) is 0.429. The van der Waals surface area contributed by atoms with Gasteiger partial charge in [0, 0.05) is 68.5 Å². The highest BCUT2D eigenvalue weighted by Gasteiger charge is 2.26. The molecular formula is C28H36N6O3. The number of methoxy groups -OCH3 is 2. The van der Waals surface area contributed by atoms with Gasteiger partial charge in [0.2, 0.25) is 0 Å². The minimum atomic E-state index is 0.564. The van der Waals surface area contributed by atoms with Crippen LogP contribution in [0.5, 0.6) is 11.5 Å². The van der Waals surface area contributed by atoms with E-state index >= 15 is 0 Å². The first kappa shape index (κ1) is 25.1. The number of nitrogens with zero attached hydrogens (tertiary/aromatic N) is 4. The predicted molar refractivity (Wildman–Crippen MR) is 146 cm³/mol. The summed E-state index contributed by atoms with van der Waals surface area (Å²) in [7, 11) is 3.35. The lowest BCUT2D eigenvalue weighted by atomic mass is 10.1. The van der Waals surface area contributed by atoms with E-state index in [0.717, 1.165) is 79.8 Å². The summed E-state index contributed by atoms with van der Waals surface area (Å²) < 4.78 is 16.5. The molecule has 1 saturated heterocycles. The minimum Gasteiger partial charge on any atom is -0.497 e. The average Bonchev–Trinajstić information content (AvgIpc) is 3.78. The van der Waals surface area contributed by atoms with E-state index in [2.05, 4.69) is 32.2 Å². The van der Waals surface area contributed by atoms with Gasteiger partial charge >= 0.3 is 0 Å². The number of anilines is 2. The van der Waals surface area contributed by atoms with Crippen molar-refractivity contribution in [2.75, 3.05) is 65.1 Å². The van der Waals surface area contributed by atoms with Crippen molar-refractivity contribution in [1.82, 2.24) is 20.2 Å². The zero-order valence-corrected chi connectivity index (χ0v) is 21.7. The maximum Gasteiger partial charge on any atom is 0.124 e. The number of hydrogen-bond donors (Lipinski definition) is 2. The van der Waals surface area contributed by atoms with Gasteiger partial charge in [0.25, 0.3) is 0 Å². The van der Waals surface area contributed by atoms with Crippen LogP contribution >= 0.6 is 0 Å². The van der Waals surface area contributed by atoms with Crippen molar-refractivity contribution < 1.29 is 14.2 Å². The molecular weight excluding hydrogens is 468 g/mol. The van der Waals surface area contributed by atoms with Gasteiger partial charge < -0.3 is 30.2 Å². The molecule has 0 bridgehead atoms. The first-order chi connectivity index (χ1) is 18.1. The summed E-state index contributed by atoms with van der Waals surface area (Å²) in [6.07, 6.45) is 6.04. The summed E-state index contributed by atoms with van der Waals surface area (Å²) in [5.41, 5.74) is 11.3. The molecule has 2 aromatic carbocycles. The van der Waals surface area contributed by atoms with Gasteiger partial charge in [0.15, 0.2) is 0 Å². The van der Waals surface area contributed by atoms with Crippen LogP contribution in [0.15, 0.2) is 48.8 Å². The van der Waals surface area contributed by atoms with Crippen molar-refractivity contribution >= 4 is 28.1 Å². The molecule has 0 atom stereocenters. The zero-order chi connectivity index (χ0) is 25.6. The van der Waals surface area contributed by atoms with Crippen LogP contribution < -0.4 is 25.4 Å². The molecule has 5 rings (SSSR count). The maximum absolute atomic E-state index is 6.36. The maximum atomic E-state index is 6.36. The largest absolute Gasteiger partial charge is 0.497 e. The third kappa shape index (κ3) is 6.42. The summed E-state index contributed by atoms with van der Waals surface area (Å²) in [6.45, 7) is 6.23. The van der Waals surface area contributed by atoms with Gasteiger partial charge in [-0.05, 0) is 37.0 Å². The van der Waals surface area contributed by atoms with E-state index in [1.165, 1.54) is 12.8 Å². The van der Waals surface area contributed by atoms with Crippen LogP contribution in [0.2, 0.25) is 0 Å². The standard InChI is InChI=1S/C28H36N6O3/c1-35-23-13-22(14-24(16-23)36-2)34(19-20-3-4-20)21-5-6-26-27(15-21)32-28(18-31-26)25(29)17-30-7-8-33-9-11-37-12-10-33/h5-6,13-18,20,30H,3-4,7-12,19,29H2,1-2H3/b25-17-. The van der Waals surface area contributed by atoms with Crippen molar-refractivity contribution in [3.63, 3.8) is 0 Å². The Balaban J connectivity index is 1.36. The van der Waals surface area contributed by atoms with Crippen LogP contribution in [-0.2, 0) is 4.74 Å². The molecule has 2 aliphatic rings. The monoisotopic (exact) mass is 504 g/mol. The molecule has 0 amide bonds. The quantitative estimate of drug-likeness (QED) is 0.381. The number of aromatic nitrogens is 2. The molecule has 3 N–H and O–H groups in total. The van der Waals surface area contributed by atoms with Gasteiger partial charge in [-0.3, -0.25) is 9.88 Å². The fourth-order valence-corrected chi connectivity index (χ4v) is 4.48. The number of nitrogens with two attached hydrogens (primary N) is 1. The number of benzene rings is 2. The van der Waals surface area contributed by atoms with E-state index in [1.54, 1.807) is 20.4 Å². The molecule has 1 saturated carbocycles. The molecule has 3 aromatic rings. The van der Waals surface area contributed by atoms with E-state index in [4.69, 9.17) is 24.9 Å². The van der Waals surface area contributed by atoms with Crippen LogP contribution in [-0.4, -0.2) is 75.0 Å². The first-order valence-electron chi connectivity index (χ1n) is 12.9. The molecule has 1 aliphatic carbocycles. The summed E-state index contributed by atoms with van der Waals surface area (Å²) in [5, 5.41) is 3.31. The molecule has 1 aromatic heterocycles. The summed E-state index contributed by atoms with van der Waals surface area (Å²) in [5.74, 6) is 2.20. The Morgan fingerprint density at radius 3 is 2.54 bits per heavy atom. The molecule has 9 heteroatoms. The van der Waals surface area contributed by atoms with Crippen molar-refractivity contribution in [3.05, 3.63) is 54.5 Å². The molecule has 0 spiro atoms. The lowest BCUT2D eigenvalue weighted by molar-refractivity contribution is 0.0388. The second kappa shape index (κ2) is 11.7. The van der Waals surface area contributed by atoms with Gasteiger partial charge in [-0.15, -0.1) is 0 Å². The molecule has 1 aliphatic heterocycles. The van der Waals surface area contributed by atoms with Crippen LogP contribution in [0.25, 0.3) is 16.7 Å². The number of hydrogen-bond acceptors (Lipinski definition) is 9. The van der Waals surface area contributed by atoms with Crippen LogP contribution in [0.3, 0.4) is 0 Å².